The molecule has 7 heteroatoms. The van der Waals surface area contributed by atoms with Gasteiger partial charge in [0.25, 0.3) is 0 Å². The molecule has 1 fully saturated rings. The highest BCUT2D eigenvalue weighted by molar-refractivity contribution is 7.80. The van der Waals surface area contributed by atoms with E-state index in [4.69, 9.17) is 12.2 Å². The first-order valence-corrected chi connectivity index (χ1v) is 7.77. The summed E-state index contributed by atoms with van der Waals surface area (Å²) in [6, 6.07) is 5.52. The zero-order chi connectivity index (χ0) is 16.2. The summed E-state index contributed by atoms with van der Waals surface area (Å²) in [4.78, 5) is 2.10. The second-order valence-electron chi connectivity index (χ2n) is 5.32. The Kier molecular flexibility index (Phi) is 5.50. The van der Waals surface area contributed by atoms with Crippen molar-refractivity contribution in [1.82, 2.24) is 10.2 Å². The highest BCUT2D eigenvalue weighted by Gasteiger charge is 2.30. The first kappa shape index (κ1) is 16.9. The zero-order valence-electron chi connectivity index (χ0n) is 12.4. The van der Waals surface area contributed by atoms with E-state index in [0.29, 0.717) is 5.69 Å². The Bertz CT molecular complexity index is 511. The van der Waals surface area contributed by atoms with E-state index in [-0.39, 0.29) is 6.04 Å². The van der Waals surface area contributed by atoms with E-state index in [2.05, 4.69) is 15.5 Å². The summed E-state index contributed by atoms with van der Waals surface area (Å²) in [6.45, 7) is 4.40. The molecule has 2 N–H and O–H groups in total. The molecule has 0 spiro atoms. The van der Waals surface area contributed by atoms with E-state index >= 15 is 0 Å². The second kappa shape index (κ2) is 7.17. The third kappa shape index (κ3) is 4.50. The molecule has 1 aromatic carbocycles. The number of benzene rings is 1. The average molecular weight is 331 g/mol. The van der Waals surface area contributed by atoms with Gasteiger partial charge >= 0.3 is 6.18 Å². The number of nitrogens with zero attached hydrogens (tertiary/aromatic N) is 1. The number of piperidine rings is 1. The van der Waals surface area contributed by atoms with Gasteiger partial charge in [0.1, 0.15) is 0 Å². The van der Waals surface area contributed by atoms with Crippen LogP contribution in [0.4, 0.5) is 18.9 Å². The van der Waals surface area contributed by atoms with E-state index in [1.807, 2.05) is 6.92 Å². The molecule has 0 aliphatic carbocycles. The Balaban J connectivity index is 1.90. The van der Waals surface area contributed by atoms with Gasteiger partial charge in [-0.15, -0.1) is 0 Å². The summed E-state index contributed by atoms with van der Waals surface area (Å²) in [5.41, 5.74) is -0.106. The minimum Gasteiger partial charge on any atom is -0.382 e. The minimum absolute atomic E-state index is 0.171. The largest absolute Gasteiger partial charge is 0.416 e. The monoisotopic (exact) mass is 331 g/mol. The van der Waals surface area contributed by atoms with Crippen LogP contribution in [0.3, 0.4) is 0 Å². The van der Waals surface area contributed by atoms with Crippen molar-refractivity contribution in [2.75, 3.05) is 25.0 Å². The summed E-state index contributed by atoms with van der Waals surface area (Å²) in [7, 11) is 0. The maximum absolute atomic E-state index is 12.7. The molecule has 1 saturated heterocycles. The molecule has 1 aliphatic heterocycles. The molecule has 0 bridgehead atoms. The number of likely N-dealkylation sites (tertiary alicyclic amines) is 1. The van der Waals surface area contributed by atoms with Crippen LogP contribution < -0.4 is 10.6 Å². The summed E-state index contributed by atoms with van der Waals surface area (Å²) >= 11 is 5.27. The standard InChI is InChI=1S/C15H20F3N3S/c1-2-19-14(22)21-8-6-12(7-9-21)20-13-5-3-4-11(10-13)15(16,17)18/h3-5,10,12,20H,2,6-9H2,1H3,(H,19,22). The van der Waals surface area contributed by atoms with Crippen molar-refractivity contribution in [2.45, 2.75) is 32.0 Å². The molecule has 1 aromatic rings. The third-order valence-corrected chi connectivity index (χ3v) is 4.07. The maximum Gasteiger partial charge on any atom is 0.416 e. The first-order chi connectivity index (χ1) is 10.4. The first-order valence-electron chi connectivity index (χ1n) is 7.36. The van der Waals surface area contributed by atoms with Crippen molar-refractivity contribution in [3.05, 3.63) is 29.8 Å². The summed E-state index contributed by atoms with van der Waals surface area (Å²) < 4.78 is 38.1. The molecular formula is C15H20F3N3S. The third-order valence-electron chi connectivity index (χ3n) is 3.67. The zero-order valence-corrected chi connectivity index (χ0v) is 13.2. The summed E-state index contributed by atoms with van der Waals surface area (Å²) in [6.07, 6.45) is -2.61. The Labute approximate surface area is 133 Å². The Morgan fingerprint density at radius 1 is 1.32 bits per heavy atom. The van der Waals surface area contributed by atoms with Gasteiger partial charge in [0.2, 0.25) is 0 Å². The van der Waals surface area contributed by atoms with Crippen LogP contribution in [0.1, 0.15) is 25.3 Å². The number of hydrogen-bond acceptors (Lipinski definition) is 2. The van der Waals surface area contributed by atoms with E-state index < -0.39 is 11.7 Å². The molecule has 0 saturated carbocycles. The topological polar surface area (TPSA) is 27.3 Å². The lowest BCUT2D eigenvalue weighted by Gasteiger charge is -2.34. The van der Waals surface area contributed by atoms with Gasteiger partial charge in [0.05, 0.1) is 5.56 Å². The van der Waals surface area contributed by atoms with Crippen molar-refractivity contribution >= 4 is 23.0 Å². The van der Waals surface area contributed by atoms with Gasteiger partial charge in [-0.05, 0) is 50.2 Å². The van der Waals surface area contributed by atoms with Crippen LogP contribution in [0.2, 0.25) is 0 Å². The number of rotatable bonds is 3. The lowest BCUT2D eigenvalue weighted by Crippen LogP contribution is -2.46. The van der Waals surface area contributed by atoms with E-state index in [0.717, 1.165) is 49.7 Å². The van der Waals surface area contributed by atoms with Crippen molar-refractivity contribution in [3.8, 4) is 0 Å². The van der Waals surface area contributed by atoms with Gasteiger partial charge in [0.15, 0.2) is 5.11 Å². The minimum atomic E-state index is -4.31. The van der Waals surface area contributed by atoms with Gasteiger partial charge in [-0.2, -0.15) is 13.2 Å². The van der Waals surface area contributed by atoms with Crippen LogP contribution in [0.15, 0.2) is 24.3 Å². The quantitative estimate of drug-likeness (QED) is 0.830. The number of hydrogen-bond donors (Lipinski definition) is 2. The molecular weight excluding hydrogens is 311 g/mol. The summed E-state index contributed by atoms with van der Waals surface area (Å²) in [5, 5.41) is 7.06. The van der Waals surface area contributed by atoms with Crippen molar-refractivity contribution in [3.63, 3.8) is 0 Å². The lowest BCUT2D eigenvalue weighted by atomic mass is 10.0. The number of nitrogens with one attached hydrogen (secondary N) is 2. The molecule has 0 amide bonds. The number of thiocarbonyl (C=S) groups is 1. The van der Waals surface area contributed by atoms with Crippen LogP contribution in [0.25, 0.3) is 0 Å². The number of alkyl halides is 3. The number of halogens is 3. The summed E-state index contributed by atoms with van der Waals surface area (Å²) in [5.74, 6) is 0. The molecule has 1 aliphatic rings. The van der Waals surface area contributed by atoms with E-state index in [9.17, 15) is 13.2 Å². The fourth-order valence-corrected chi connectivity index (χ4v) is 2.84. The Morgan fingerprint density at radius 2 is 2.00 bits per heavy atom. The molecule has 22 heavy (non-hydrogen) atoms. The Hall–Kier alpha value is -1.50. The fourth-order valence-electron chi connectivity index (χ4n) is 2.51. The van der Waals surface area contributed by atoms with Crippen molar-refractivity contribution in [2.24, 2.45) is 0 Å². The predicted molar refractivity (Wildman–Crippen MR) is 85.9 cm³/mol. The highest BCUT2D eigenvalue weighted by Crippen LogP contribution is 2.31. The van der Waals surface area contributed by atoms with Gasteiger partial charge < -0.3 is 15.5 Å². The molecule has 3 nitrogen and oxygen atoms in total. The molecule has 2 rings (SSSR count). The van der Waals surface area contributed by atoms with Crippen molar-refractivity contribution < 1.29 is 13.2 Å². The van der Waals surface area contributed by atoms with E-state index in [1.165, 1.54) is 6.07 Å². The maximum atomic E-state index is 12.7. The smallest absolute Gasteiger partial charge is 0.382 e. The van der Waals surface area contributed by atoms with Crippen molar-refractivity contribution in [1.29, 1.82) is 0 Å². The highest BCUT2D eigenvalue weighted by atomic mass is 32.1. The van der Waals surface area contributed by atoms with Gasteiger partial charge in [-0.25, -0.2) is 0 Å². The van der Waals surface area contributed by atoms with E-state index in [1.54, 1.807) is 6.07 Å². The van der Waals surface area contributed by atoms with Crippen LogP contribution in [-0.4, -0.2) is 35.7 Å². The Morgan fingerprint density at radius 3 is 2.59 bits per heavy atom. The molecule has 0 radical (unpaired) electrons. The molecule has 0 aromatic heterocycles. The SMILES string of the molecule is CCNC(=S)N1CCC(Nc2cccc(C(F)(F)F)c2)CC1. The fraction of sp³-hybridized carbons (Fsp3) is 0.533. The average Bonchev–Trinajstić information content (AvgIpc) is 2.48. The number of anilines is 1. The van der Waals surface area contributed by atoms with Crippen LogP contribution in [0.5, 0.6) is 0 Å². The molecule has 1 heterocycles. The van der Waals surface area contributed by atoms with Crippen LogP contribution in [0, 0.1) is 0 Å². The molecule has 0 atom stereocenters. The molecule has 122 valence electrons. The van der Waals surface area contributed by atoms with Gasteiger partial charge in [0, 0.05) is 31.4 Å². The van der Waals surface area contributed by atoms with Gasteiger partial charge in [-0.1, -0.05) is 6.07 Å². The van der Waals surface area contributed by atoms with Crippen LogP contribution in [-0.2, 0) is 6.18 Å². The molecule has 0 unspecified atom stereocenters. The van der Waals surface area contributed by atoms with Gasteiger partial charge in [-0.3, -0.25) is 0 Å². The lowest BCUT2D eigenvalue weighted by molar-refractivity contribution is -0.137. The normalized spacial score (nSPS) is 16.5. The second-order valence-corrected chi connectivity index (χ2v) is 5.71. The van der Waals surface area contributed by atoms with Crippen LogP contribution >= 0.6 is 12.2 Å². The predicted octanol–water partition coefficient (Wildman–Crippen LogP) is 3.48.